The molecule has 184 valence electrons. The molecule has 2 fully saturated rings. The molecule has 0 radical (unpaired) electrons. The Morgan fingerprint density at radius 1 is 1.29 bits per heavy atom. The highest BCUT2D eigenvalue weighted by Crippen LogP contribution is 2.47. The second-order valence-electron chi connectivity index (χ2n) is 8.85. The van der Waals surface area contributed by atoms with Crippen LogP contribution in [0.1, 0.15) is 17.3 Å². The van der Waals surface area contributed by atoms with Crippen molar-refractivity contribution in [3.8, 4) is 22.8 Å². The SMILES string of the molecule is C=CC(=O)N1CCN2C(=O)c3c(N4CC(O)C4C)nc(-c4c(O)cccc4F)c(Cl)c3OC[C@H]2C1. The molecule has 5 rings (SSSR count). The van der Waals surface area contributed by atoms with Crippen molar-refractivity contribution in [3.05, 3.63) is 47.3 Å². The minimum absolute atomic E-state index is 0.0314. The Labute approximate surface area is 206 Å². The number of β-amino-alcohol motifs (C(OH)–C–C–N with tert-alkyl or cyclic N) is 1. The van der Waals surface area contributed by atoms with E-state index in [9.17, 15) is 24.2 Å². The topological polar surface area (TPSA) is 106 Å². The van der Waals surface area contributed by atoms with E-state index in [0.717, 1.165) is 0 Å². The highest BCUT2D eigenvalue weighted by molar-refractivity contribution is 6.35. The number of aromatic hydroxyl groups is 1. The Balaban J connectivity index is 1.66. The number of carbonyl (C=O) groups is 2. The number of phenols is 1. The third-order valence-corrected chi connectivity index (χ3v) is 7.22. The third-order valence-electron chi connectivity index (χ3n) is 6.87. The smallest absolute Gasteiger partial charge is 0.261 e. The average Bonchev–Trinajstić information content (AvgIpc) is 3.00. The van der Waals surface area contributed by atoms with Gasteiger partial charge in [0.25, 0.3) is 5.91 Å². The number of aliphatic hydroxyl groups is 1. The molecule has 35 heavy (non-hydrogen) atoms. The number of ether oxygens (including phenoxy) is 1. The summed E-state index contributed by atoms with van der Waals surface area (Å²) in [5, 5.41) is 20.4. The normalized spacial score (nSPS) is 23.6. The van der Waals surface area contributed by atoms with Gasteiger partial charge in [0.1, 0.15) is 40.3 Å². The van der Waals surface area contributed by atoms with Gasteiger partial charge in [-0.25, -0.2) is 9.37 Å². The Morgan fingerprint density at radius 3 is 2.71 bits per heavy atom. The van der Waals surface area contributed by atoms with Crippen LogP contribution in [-0.4, -0.2) is 87.8 Å². The van der Waals surface area contributed by atoms with Crippen LogP contribution in [0.2, 0.25) is 5.02 Å². The van der Waals surface area contributed by atoms with Crippen molar-refractivity contribution in [2.45, 2.75) is 25.1 Å². The molecule has 1 aromatic carbocycles. The number of hydrogen-bond acceptors (Lipinski definition) is 7. The summed E-state index contributed by atoms with van der Waals surface area (Å²) in [5.41, 5.74) is -0.170. The van der Waals surface area contributed by atoms with E-state index in [1.54, 1.807) is 21.6 Å². The van der Waals surface area contributed by atoms with Gasteiger partial charge in [-0.1, -0.05) is 24.2 Å². The summed E-state index contributed by atoms with van der Waals surface area (Å²) in [6.07, 6.45) is 0.600. The zero-order valence-electron chi connectivity index (χ0n) is 18.9. The van der Waals surface area contributed by atoms with E-state index in [1.807, 2.05) is 0 Å². The number of benzene rings is 1. The van der Waals surface area contributed by atoms with Crippen LogP contribution in [0.4, 0.5) is 10.2 Å². The number of carbonyl (C=O) groups excluding carboxylic acids is 2. The molecule has 4 heterocycles. The predicted molar refractivity (Wildman–Crippen MR) is 126 cm³/mol. The molecular weight excluding hydrogens is 479 g/mol. The van der Waals surface area contributed by atoms with Crippen LogP contribution in [0.3, 0.4) is 0 Å². The first-order valence-electron chi connectivity index (χ1n) is 11.2. The maximum absolute atomic E-state index is 14.8. The molecule has 2 saturated heterocycles. The van der Waals surface area contributed by atoms with E-state index < -0.39 is 18.0 Å². The minimum atomic E-state index is -0.738. The van der Waals surface area contributed by atoms with Crippen molar-refractivity contribution >= 4 is 29.2 Å². The zero-order valence-corrected chi connectivity index (χ0v) is 19.7. The monoisotopic (exact) mass is 502 g/mol. The van der Waals surface area contributed by atoms with E-state index in [1.165, 1.54) is 24.3 Å². The number of pyridine rings is 1. The standard InChI is InChI=1S/C24H24ClFN4O5/c1-3-17(33)28-7-8-29-13(9-28)11-35-22-19(24(29)34)23(30-10-16(32)12(30)2)27-21(20(22)25)18-14(26)5-4-6-15(18)31/h3-6,12-13,16,31-32H,1,7-11H2,2H3/t12?,13-,16?/m1/s1. The quantitative estimate of drug-likeness (QED) is 0.619. The number of rotatable bonds is 3. The number of aliphatic hydroxyl groups excluding tert-OH is 1. The van der Waals surface area contributed by atoms with Crippen LogP contribution < -0.4 is 9.64 Å². The second kappa shape index (κ2) is 8.69. The van der Waals surface area contributed by atoms with Gasteiger partial charge >= 0.3 is 0 Å². The van der Waals surface area contributed by atoms with Crippen molar-refractivity contribution in [3.63, 3.8) is 0 Å². The number of anilines is 1. The molecule has 2 N–H and O–H groups in total. The fraction of sp³-hybridized carbons (Fsp3) is 0.375. The van der Waals surface area contributed by atoms with Crippen molar-refractivity contribution in [1.82, 2.24) is 14.8 Å². The van der Waals surface area contributed by atoms with Gasteiger partial charge in [-0.2, -0.15) is 0 Å². The summed E-state index contributed by atoms with van der Waals surface area (Å²) in [7, 11) is 0. The van der Waals surface area contributed by atoms with Gasteiger partial charge in [0.05, 0.1) is 23.8 Å². The average molecular weight is 503 g/mol. The van der Waals surface area contributed by atoms with E-state index >= 15 is 0 Å². The molecule has 3 atom stereocenters. The van der Waals surface area contributed by atoms with Crippen molar-refractivity contribution in [2.24, 2.45) is 0 Å². The van der Waals surface area contributed by atoms with Crippen LogP contribution >= 0.6 is 11.6 Å². The summed E-state index contributed by atoms with van der Waals surface area (Å²) < 4.78 is 20.8. The molecule has 0 bridgehead atoms. The van der Waals surface area contributed by atoms with Crippen LogP contribution in [0.25, 0.3) is 11.3 Å². The Morgan fingerprint density at radius 2 is 2.06 bits per heavy atom. The first-order chi connectivity index (χ1) is 16.7. The number of amides is 2. The van der Waals surface area contributed by atoms with Gasteiger partial charge in [-0.3, -0.25) is 9.59 Å². The van der Waals surface area contributed by atoms with E-state index in [2.05, 4.69) is 11.6 Å². The summed E-state index contributed by atoms with van der Waals surface area (Å²) >= 11 is 6.66. The van der Waals surface area contributed by atoms with Gasteiger partial charge in [0.2, 0.25) is 5.91 Å². The molecule has 2 amide bonds. The lowest BCUT2D eigenvalue weighted by Crippen LogP contribution is -2.60. The highest BCUT2D eigenvalue weighted by atomic mass is 35.5. The summed E-state index contributed by atoms with van der Waals surface area (Å²) in [5.74, 6) is -1.50. The van der Waals surface area contributed by atoms with E-state index in [-0.39, 0.29) is 83.3 Å². The second-order valence-corrected chi connectivity index (χ2v) is 9.23. The molecule has 2 unspecified atom stereocenters. The number of phenolic OH excluding ortho intramolecular Hbond substituents is 1. The summed E-state index contributed by atoms with van der Waals surface area (Å²) in [6.45, 7) is 6.42. The van der Waals surface area contributed by atoms with Crippen molar-refractivity contribution in [1.29, 1.82) is 0 Å². The predicted octanol–water partition coefficient (Wildman–Crippen LogP) is 2.05. The summed E-state index contributed by atoms with van der Waals surface area (Å²) in [4.78, 5) is 35.5. The lowest BCUT2D eigenvalue weighted by atomic mass is 9.98. The largest absolute Gasteiger partial charge is 0.507 e. The minimum Gasteiger partial charge on any atom is -0.507 e. The van der Waals surface area contributed by atoms with Gasteiger partial charge in [-0.05, 0) is 25.1 Å². The van der Waals surface area contributed by atoms with Crippen LogP contribution in [0.5, 0.6) is 11.5 Å². The van der Waals surface area contributed by atoms with Crippen LogP contribution in [0, 0.1) is 5.82 Å². The molecule has 2 aromatic rings. The van der Waals surface area contributed by atoms with Gasteiger partial charge in [0, 0.05) is 26.2 Å². The van der Waals surface area contributed by atoms with E-state index in [0.29, 0.717) is 6.54 Å². The lowest BCUT2D eigenvalue weighted by Gasteiger charge is -2.45. The number of hydrogen-bond donors (Lipinski definition) is 2. The molecule has 11 heteroatoms. The van der Waals surface area contributed by atoms with Gasteiger partial charge in [0.15, 0.2) is 5.75 Å². The van der Waals surface area contributed by atoms with Crippen molar-refractivity contribution in [2.75, 3.05) is 37.7 Å². The fourth-order valence-corrected chi connectivity index (χ4v) is 5.05. The lowest BCUT2D eigenvalue weighted by molar-refractivity contribution is -0.128. The van der Waals surface area contributed by atoms with Gasteiger partial charge in [-0.15, -0.1) is 0 Å². The van der Waals surface area contributed by atoms with Crippen LogP contribution in [-0.2, 0) is 4.79 Å². The highest BCUT2D eigenvalue weighted by Gasteiger charge is 2.44. The number of halogens is 2. The molecule has 3 aliphatic heterocycles. The number of nitrogens with zero attached hydrogens (tertiary/aromatic N) is 4. The maximum atomic E-state index is 14.8. The molecule has 0 aliphatic carbocycles. The first kappa shape index (κ1) is 23.4. The molecule has 1 aromatic heterocycles. The van der Waals surface area contributed by atoms with Gasteiger partial charge < -0.3 is 29.6 Å². The molecule has 0 spiro atoms. The first-order valence-corrected chi connectivity index (χ1v) is 11.6. The maximum Gasteiger partial charge on any atom is 0.261 e. The molecular formula is C24H24ClFN4O5. The molecule has 3 aliphatic rings. The Bertz CT molecular complexity index is 1220. The molecule has 9 nitrogen and oxygen atoms in total. The number of aromatic nitrogens is 1. The zero-order chi connectivity index (χ0) is 25.0. The third kappa shape index (κ3) is 3.68. The fourth-order valence-electron chi connectivity index (χ4n) is 4.77. The summed E-state index contributed by atoms with van der Waals surface area (Å²) in [6, 6.07) is 3.04. The van der Waals surface area contributed by atoms with E-state index in [4.69, 9.17) is 16.3 Å². The molecule has 0 saturated carbocycles. The van der Waals surface area contributed by atoms with Crippen molar-refractivity contribution < 1.29 is 28.9 Å². The van der Waals surface area contributed by atoms with Crippen LogP contribution in [0.15, 0.2) is 30.9 Å². The Kier molecular flexibility index (Phi) is 5.80. The number of fused-ring (bicyclic) bond motifs is 2. The number of piperazine rings is 1. The Hall–Kier alpha value is -3.37.